The largest absolute Gasteiger partial charge is 0.465 e. The van der Waals surface area contributed by atoms with Crippen LogP contribution in [0.5, 0.6) is 0 Å². The number of aromatic nitrogens is 3. The number of anilines is 1. The molecule has 0 fully saturated rings. The van der Waals surface area contributed by atoms with E-state index in [4.69, 9.17) is 4.74 Å². The van der Waals surface area contributed by atoms with Crippen LogP contribution in [0.1, 0.15) is 16.1 Å². The lowest BCUT2D eigenvalue weighted by Crippen LogP contribution is -2.21. The van der Waals surface area contributed by atoms with Crippen LogP contribution in [0.4, 0.5) is 5.69 Å². The Bertz CT molecular complexity index is 1090. The fourth-order valence-electron chi connectivity index (χ4n) is 2.58. The van der Waals surface area contributed by atoms with Gasteiger partial charge in [0.2, 0.25) is 5.91 Å². The van der Waals surface area contributed by atoms with Crippen molar-refractivity contribution in [1.29, 1.82) is 0 Å². The highest BCUT2D eigenvalue weighted by molar-refractivity contribution is 7.99. The molecule has 0 aliphatic carbocycles. The van der Waals surface area contributed by atoms with E-state index >= 15 is 0 Å². The summed E-state index contributed by atoms with van der Waals surface area (Å²) in [6.45, 7) is 1.85. The number of carbonyl (C=O) groups is 2. The summed E-state index contributed by atoms with van der Waals surface area (Å²) in [5.74, 6) is -0.822. The molecule has 1 aromatic carbocycles. The number of hydrogen-bond donors (Lipinski definition) is 2. The minimum atomic E-state index is -0.532. The standard InChI is InChI=1S/C18H18N4O4S/c1-10-8-13-15(19-10)16(24)22(2)18(21-13)27-9-14(23)20-12-7-5-4-6-11(12)17(25)26-3/h4-8,19H,9H2,1-3H3,(H,20,23). The van der Waals surface area contributed by atoms with Crippen LogP contribution >= 0.6 is 11.8 Å². The van der Waals surface area contributed by atoms with Gasteiger partial charge in [-0.25, -0.2) is 9.78 Å². The number of H-pyrrole nitrogens is 1. The summed E-state index contributed by atoms with van der Waals surface area (Å²) in [4.78, 5) is 43.9. The second-order valence-electron chi connectivity index (χ2n) is 5.85. The second-order valence-corrected chi connectivity index (χ2v) is 6.79. The van der Waals surface area contributed by atoms with E-state index in [2.05, 4.69) is 15.3 Å². The number of para-hydroxylation sites is 1. The van der Waals surface area contributed by atoms with Gasteiger partial charge in [0.05, 0.1) is 29.6 Å². The molecule has 2 aromatic heterocycles. The van der Waals surface area contributed by atoms with Crippen molar-refractivity contribution in [1.82, 2.24) is 14.5 Å². The Labute approximate surface area is 158 Å². The number of thioether (sulfide) groups is 1. The monoisotopic (exact) mass is 386 g/mol. The molecule has 3 rings (SSSR count). The van der Waals surface area contributed by atoms with E-state index in [0.29, 0.717) is 21.9 Å². The highest BCUT2D eigenvalue weighted by atomic mass is 32.2. The van der Waals surface area contributed by atoms with Crippen molar-refractivity contribution in [2.24, 2.45) is 7.05 Å². The number of carbonyl (C=O) groups excluding carboxylic acids is 2. The highest BCUT2D eigenvalue weighted by Crippen LogP contribution is 2.20. The van der Waals surface area contributed by atoms with Crippen molar-refractivity contribution in [3.05, 3.63) is 51.9 Å². The van der Waals surface area contributed by atoms with Crippen molar-refractivity contribution in [3.63, 3.8) is 0 Å². The molecule has 0 saturated carbocycles. The minimum Gasteiger partial charge on any atom is -0.465 e. The van der Waals surface area contributed by atoms with Gasteiger partial charge in [-0.2, -0.15) is 0 Å². The maximum absolute atomic E-state index is 12.4. The Morgan fingerprint density at radius 2 is 2.07 bits per heavy atom. The normalized spacial score (nSPS) is 10.8. The van der Waals surface area contributed by atoms with Crippen LogP contribution in [0.3, 0.4) is 0 Å². The number of fused-ring (bicyclic) bond motifs is 1. The second kappa shape index (κ2) is 7.67. The topological polar surface area (TPSA) is 106 Å². The van der Waals surface area contributed by atoms with Gasteiger partial charge in [0.25, 0.3) is 5.56 Å². The van der Waals surface area contributed by atoms with Crippen LogP contribution in [0.15, 0.2) is 40.3 Å². The van der Waals surface area contributed by atoms with Crippen molar-refractivity contribution in [2.75, 3.05) is 18.2 Å². The molecular weight excluding hydrogens is 368 g/mol. The van der Waals surface area contributed by atoms with Gasteiger partial charge in [0.15, 0.2) is 5.16 Å². The number of aromatic amines is 1. The number of ether oxygens (including phenoxy) is 1. The van der Waals surface area contributed by atoms with Gasteiger partial charge in [0.1, 0.15) is 5.52 Å². The van der Waals surface area contributed by atoms with Crippen LogP contribution in [0.2, 0.25) is 0 Å². The van der Waals surface area contributed by atoms with Crippen LogP contribution in [0, 0.1) is 6.92 Å². The van der Waals surface area contributed by atoms with Gasteiger partial charge in [-0.15, -0.1) is 0 Å². The summed E-state index contributed by atoms with van der Waals surface area (Å²) in [6.07, 6.45) is 0. The molecule has 27 heavy (non-hydrogen) atoms. The first-order chi connectivity index (χ1) is 12.9. The summed E-state index contributed by atoms with van der Waals surface area (Å²) in [6, 6.07) is 8.38. The van der Waals surface area contributed by atoms with E-state index in [0.717, 1.165) is 17.5 Å². The lowest BCUT2D eigenvalue weighted by atomic mass is 10.2. The first-order valence-electron chi connectivity index (χ1n) is 8.07. The molecule has 0 aliphatic rings. The third kappa shape index (κ3) is 3.87. The first kappa shape index (κ1) is 18.7. The van der Waals surface area contributed by atoms with Crippen molar-refractivity contribution in [3.8, 4) is 0 Å². The lowest BCUT2D eigenvalue weighted by Gasteiger charge is -2.10. The van der Waals surface area contributed by atoms with E-state index in [1.54, 1.807) is 37.4 Å². The summed E-state index contributed by atoms with van der Waals surface area (Å²) in [7, 11) is 2.89. The van der Waals surface area contributed by atoms with Crippen molar-refractivity contribution < 1.29 is 14.3 Å². The van der Waals surface area contributed by atoms with Gasteiger partial charge < -0.3 is 15.0 Å². The molecule has 8 nitrogen and oxygen atoms in total. The summed E-state index contributed by atoms with van der Waals surface area (Å²) in [5, 5.41) is 3.12. The van der Waals surface area contributed by atoms with E-state index in [1.165, 1.54) is 11.7 Å². The maximum atomic E-state index is 12.4. The minimum absolute atomic E-state index is 0.0324. The fourth-order valence-corrected chi connectivity index (χ4v) is 3.36. The molecule has 140 valence electrons. The number of amides is 1. The average Bonchev–Trinajstić information content (AvgIpc) is 3.04. The molecule has 2 heterocycles. The number of nitrogens with one attached hydrogen (secondary N) is 2. The maximum Gasteiger partial charge on any atom is 0.339 e. The Hall–Kier alpha value is -3.07. The smallest absolute Gasteiger partial charge is 0.339 e. The van der Waals surface area contributed by atoms with Gasteiger partial charge in [-0.05, 0) is 25.1 Å². The number of esters is 1. The van der Waals surface area contributed by atoms with Crippen LogP contribution in [0.25, 0.3) is 11.0 Å². The molecule has 1 amide bonds. The average molecular weight is 386 g/mol. The molecule has 9 heteroatoms. The predicted molar refractivity (Wildman–Crippen MR) is 103 cm³/mol. The Morgan fingerprint density at radius 1 is 1.33 bits per heavy atom. The zero-order valence-corrected chi connectivity index (χ0v) is 15.8. The highest BCUT2D eigenvalue weighted by Gasteiger charge is 2.15. The Morgan fingerprint density at radius 3 is 2.81 bits per heavy atom. The zero-order valence-electron chi connectivity index (χ0n) is 15.0. The lowest BCUT2D eigenvalue weighted by molar-refractivity contribution is -0.113. The van der Waals surface area contributed by atoms with Crippen LogP contribution < -0.4 is 10.9 Å². The summed E-state index contributed by atoms with van der Waals surface area (Å²) >= 11 is 1.14. The number of benzene rings is 1. The number of methoxy groups -OCH3 is 1. The Kier molecular flexibility index (Phi) is 5.31. The predicted octanol–water partition coefficient (Wildman–Crippen LogP) is 2.09. The first-order valence-corrected chi connectivity index (χ1v) is 9.05. The molecule has 2 N–H and O–H groups in total. The fraction of sp³-hybridized carbons (Fsp3) is 0.222. The van der Waals surface area contributed by atoms with E-state index in [1.807, 2.05) is 6.92 Å². The third-order valence-electron chi connectivity index (χ3n) is 3.89. The summed E-state index contributed by atoms with van der Waals surface area (Å²) in [5.41, 5.74) is 2.29. The number of aryl methyl sites for hydroxylation is 1. The number of hydrogen-bond acceptors (Lipinski definition) is 6. The Balaban J connectivity index is 1.75. The SMILES string of the molecule is COC(=O)c1ccccc1NC(=O)CSc1nc2cc(C)[nH]c2c(=O)n1C. The van der Waals surface area contributed by atoms with Gasteiger partial charge in [0, 0.05) is 12.7 Å². The molecule has 3 aromatic rings. The summed E-state index contributed by atoms with van der Waals surface area (Å²) < 4.78 is 6.11. The van der Waals surface area contributed by atoms with Crippen molar-refractivity contribution in [2.45, 2.75) is 12.1 Å². The zero-order chi connectivity index (χ0) is 19.6. The molecule has 0 saturated heterocycles. The van der Waals surface area contributed by atoms with E-state index in [-0.39, 0.29) is 22.8 Å². The molecule has 0 radical (unpaired) electrons. The van der Waals surface area contributed by atoms with Gasteiger partial charge in [-0.1, -0.05) is 23.9 Å². The third-order valence-corrected chi connectivity index (χ3v) is 4.92. The van der Waals surface area contributed by atoms with Crippen molar-refractivity contribution >= 4 is 40.4 Å². The van der Waals surface area contributed by atoms with Crippen LogP contribution in [-0.2, 0) is 16.6 Å². The quantitative estimate of drug-likeness (QED) is 0.395. The molecule has 0 atom stereocenters. The molecule has 0 bridgehead atoms. The number of rotatable bonds is 5. The van der Waals surface area contributed by atoms with Gasteiger partial charge >= 0.3 is 5.97 Å². The number of nitrogens with zero attached hydrogens (tertiary/aromatic N) is 2. The molecule has 0 spiro atoms. The van der Waals surface area contributed by atoms with Crippen LogP contribution in [-0.4, -0.2) is 39.3 Å². The molecular formula is C18H18N4O4S. The van der Waals surface area contributed by atoms with E-state index < -0.39 is 5.97 Å². The molecule has 0 aliphatic heterocycles. The van der Waals surface area contributed by atoms with Gasteiger partial charge in [-0.3, -0.25) is 14.2 Å². The molecule has 0 unspecified atom stereocenters. The van der Waals surface area contributed by atoms with E-state index in [9.17, 15) is 14.4 Å².